The molecule has 2 aromatic rings. The molecule has 28 heavy (non-hydrogen) atoms. The van der Waals surface area contributed by atoms with Crippen molar-refractivity contribution >= 4 is 33.2 Å². The molecule has 0 spiro atoms. The van der Waals surface area contributed by atoms with Crippen molar-refractivity contribution < 1.29 is 14.8 Å². The average Bonchev–Trinajstić information content (AvgIpc) is 3.11. The molecule has 1 unspecified atom stereocenters. The van der Waals surface area contributed by atoms with E-state index in [2.05, 4.69) is 17.5 Å². The summed E-state index contributed by atoms with van der Waals surface area (Å²) in [6, 6.07) is 8.14. The number of hydroxylamine groups is 1. The number of amides is 2. The first kappa shape index (κ1) is 20.8. The Bertz CT molecular complexity index is 799. The van der Waals surface area contributed by atoms with E-state index in [1.165, 1.54) is 15.6 Å². The summed E-state index contributed by atoms with van der Waals surface area (Å²) >= 11 is 1.72. The number of benzene rings is 1. The molecule has 2 amide bonds. The molecular weight excluding hydrogens is 374 g/mol. The van der Waals surface area contributed by atoms with Crippen molar-refractivity contribution in [2.75, 3.05) is 13.1 Å². The molecule has 1 aromatic carbocycles. The van der Waals surface area contributed by atoms with Gasteiger partial charge >= 0.3 is 0 Å². The first-order valence-electron chi connectivity index (χ1n) is 9.98. The number of nitrogens with two attached hydrogens (primary N) is 1. The molecule has 1 saturated heterocycles. The third kappa shape index (κ3) is 5.53. The lowest BCUT2D eigenvalue weighted by Gasteiger charge is -2.32. The van der Waals surface area contributed by atoms with E-state index < -0.39 is 0 Å². The van der Waals surface area contributed by atoms with E-state index in [-0.39, 0.29) is 17.9 Å². The van der Waals surface area contributed by atoms with Crippen molar-refractivity contribution in [1.29, 1.82) is 0 Å². The van der Waals surface area contributed by atoms with Crippen LogP contribution in [0.3, 0.4) is 0 Å². The van der Waals surface area contributed by atoms with Gasteiger partial charge in [-0.2, -0.15) is 0 Å². The van der Waals surface area contributed by atoms with E-state index >= 15 is 0 Å². The monoisotopic (exact) mass is 403 g/mol. The second-order valence-corrected chi connectivity index (χ2v) is 8.59. The topological polar surface area (TPSA) is 95.7 Å². The standard InChI is InChI=1S/C21H29N3O3S/c22-17(12-16-14-28-19-6-2-1-5-18(16)19)13-21(26)24-10-8-15(9-11-24)4-3-7-20(25)23-27/h1-2,5-6,14-15,17,27H,3-4,7-13,22H2,(H,23,25). The largest absolute Gasteiger partial charge is 0.343 e. The van der Waals surface area contributed by atoms with Crippen LogP contribution in [-0.2, 0) is 16.0 Å². The van der Waals surface area contributed by atoms with E-state index in [1.54, 1.807) is 16.8 Å². The molecule has 0 aliphatic carbocycles. The van der Waals surface area contributed by atoms with Crippen LogP contribution in [0, 0.1) is 5.92 Å². The summed E-state index contributed by atoms with van der Waals surface area (Å²) in [5.74, 6) is 0.353. The minimum absolute atomic E-state index is 0.144. The zero-order chi connectivity index (χ0) is 19.9. The van der Waals surface area contributed by atoms with Gasteiger partial charge in [0, 0.05) is 36.7 Å². The lowest BCUT2D eigenvalue weighted by molar-refractivity contribution is -0.133. The lowest BCUT2D eigenvalue weighted by Crippen LogP contribution is -2.41. The van der Waals surface area contributed by atoms with E-state index in [0.717, 1.165) is 45.2 Å². The third-order valence-corrected chi connectivity index (χ3v) is 6.60. The van der Waals surface area contributed by atoms with Crippen LogP contribution >= 0.6 is 11.3 Å². The Morgan fingerprint density at radius 3 is 2.79 bits per heavy atom. The summed E-state index contributed by atoms with van der Waals surface area (Å²) in [7, 11) is 0. The summed E-state index contributed by atoms with van der Waals surface area (Å²) in [4.78, 5) is 25.6. The first-order valence-corrected chi connectivity index (χ1v) is 10.9. The number of rotatable bonds is 8. The quantitative estimate of drug-likeness (QED) is 0.466. The molecule has 0 bridgehead atoms. The number of hydrogen-bond donors (Lipinski definition) is 3. The number of fused-ring (bicyclic) bond motifs is 1. The van der Waals surface area contributed by atoms with Crippen LogP contribution in [0.1, 0.15) is 44.1 Å². The van der Waals surface area contributed by atoms with Gasteiger partial charge in [-0.15, -0.1) is 11.3 Å². The molecule has 1 aromatic heterocycles. The number of carbonyl (C=O) groups excluding carboxylic acids is 2. The van der Waals surface area contributed by atoms with Crippen LogP contribution in [0.4, 0.5) is 0 Å². The number of likely N-dealkylation sites (tertiary alicyclic amines) is 1. The lowest BCUT2D eigenvalue weighted by atomic mass is 9.91. The second kappa shape index (κ2) is 10.0. The Labute approximate surface area is 169 Å². The van der Waals surface area contributed by atoms with Crippen molar-refractivity contribution in [1.82, 2.24) is 10.4 Å². The fourth-order valence-corrected chi connectivity index (χ4v) is 4.95. The molecule has 1 fully saturated rings. The molecule has 1 aliphatic heterocycles. The normalized spacial score (nSPS) is 16.3. The molecule has 6 nitrogen and oxygen atoms in total. The highest BCUT2D eigenvalue weighted by Crippen LogP contribution is 2.27. The van der Waals surface area contributed by atoms with Crippen molar-refractivity contribution in [3.05, 3.63) is 35.2 Å². The van der Waals surface area contributed by atoms with Crippen LogP contribution < -0.4 is 11.2 Å². The Hall–Kier alpha value is -1.96. The Balaban J connectivity index is 1.41. The highest BCUT2D eigenvalue weighted by atomic mass is 32.1. The van der Waals surface area contributed by atoms with Gasteiger partial charge in [-0.1, -0.05) is 18.2 Å². The predicted molar refractivity (Wildman–Crippen MR) is 111 cm³/mol. The summed E-state index contributed by atoms with van der Waals surface area (Å²) in [6.07, 6.45) is 5.12. The van der Waals surface area contributed by atoms with Crippen LogP contribution in [-0.4, -0.2) is 41.1 Å². The van der Waals surface area contributed by atoms with Crippen LogP contribution in [0.2, 0.25) is 0 Å². The Kier molecular flexibility index (Phi) is 7.42. The molecular formula is C21H29N3O3S. The maximum absolute atomic E-state index is 12.6. The smallest absolute Gasteiger partial charge is 0.243 e. The predicted octanol–water partition coefficient (Wildman–Crippen LogP) is 3.08. The highest BCUT2D eigenvalue weighted by Gasteiger charge is 2.24. The van der Waals surface area contributed by atoms with E-state index in [4.69, 9.17) is 10.9 Å². The fraction of sp³-hybridized carbons (Fsp3) is 0.524. The zero-order valence-corrected chi connectivity index (χ0v) is 16.9. The minimum Gasteiger partial charge on any atom is -0.343 e. The van der Waals surface area contributed by atoms with E-state index in [9.17, 15) is 9.59 Å². The molecule has 1 aliphatic rings. The zero-order valence-electron chi connectivity index (χ0n) is 16.1. The number of hydrogen-bond acceptors (Lipinski definition) is 5. The molecule has 152 valence electrons. The molecule has 7 heteroatoms. The van der Waals surface area contributed by atoms with E-state index in [1.807, 2.05) is 17.0 Å². The fourth-order valence-electron chi connectivity index (χ4n) is 3.98. The summed E-state index contributed by atoms with van der Waals surface area (Å²) < 4.78 is 1.26. The molecule has 4 N–H and O–H groups in total. The number of thiophene rings is 1. The van der Waals surface area contributed by atoms with Gasteiger partial charge in [0.15, 0.2) is 0 Å². The van der Waals surface area contributed by atoms with Gasteiger partial charge in [0.1, 0.15) is 0 Å². The first-order chi connectivity index (χ1) is 13.6. The second-order valence-electron chi connectivity index (χ2n) is 7.68. The summed E-state index contributed by atoms with van der Waals surface area (Å²) in [5, 5.41) is 11.9. The SMILES string of the molecule is NC(CC(=O)N1CCC(CCCC(=O)NO)CC1)Cc1csc2ccccc12. The molecule has 0 saturated carbocycles. The van der Waals surface area contributed by atoms with Gasteiger partial charge in [-0.3, -0.25) is 14.8 Å². The van der Waals surface area contributed by atoms with E-state index in [0.29, 0.717) is 18.8 Å². The Morgan fingerprint density at radius 1 is 1.29 bits per heavy atom. The van der Waals surface area contributed by atoms with Crippen molar-refractivity contribution in [3.8, 4) is 0 Å². The number of nitrogens with zero attached hydrogens (tertiary/aromatic N) is 1. The average molecular weight is 404 g/mol. The van der Waals surface area contributed by atoms with Gasteiger partial charge in [0.25, 0.3) is 0 Å². The Morgan fingerprint density at radius 2 is 2.04 bits per heavy atom. The van der Waals surface area contributed by atoms with Crippen LogP contribution in [0.25, 0.3) is 10.1 Å². The van der Waals surface area contributed by atoms with Gasteiger partial charge in [-0.05, 0) is 60.4 Å². The maximum atomic E-state index is 12.6. The molecule has 3 rings (SSSR count). The van der Waals surface area contributed by atoms with Gasteiger partial charge in [0.05, 0.1) is 0 Å². The number of nitrogens with one attached hydrogen (secondary N) is 1. The van der Waals surface area contributed by atoms with Crippen molar-refractivity contribution in [2.24, 2.45) is 11.7 Å². The minimum atomic E-state index is -0.333. The van der Waals surface area contributed by atoms with Gasteiger partial charge in [0.2, 0.25) is 11.8 Å². The summed E-state index contributed by atoms with van der Waals surface area (Å²) in [5.41, 5.74) is 9.19. The van der Waals surface area contributed by atoms with Crippen molar-refractivity contribution in [3.63, 3.8) is 0 Å². The molecule has 1 atom stereocenters. The molecule has 2 heterocycles. The van der Waals surface area contributed by atoms with Gasteiger partial charge in [-0.25, -0.2) is 5.48 Å². The van der Waals surface area contributed by atoms with Crippen LogP contribution in [0.15, 0.2) is 29.6 Å². The summed E-state index contributed by atoms with van der Waals surface area (Å²) in [6.45, 7) is 1.54. The maximum Gasteiger partial charge on any atom is 0.243 e. The highest BCUT2D eigenvalue weighted by molar-refractivity contribution is 7.17. The van der Waals surface area contributed by atoms with Crippen molar-refractivity contribution in [2.45, 2.75) is 51.0 Å². The van der Waals surface area contributed by atoms with Crippen LogP contribution in [0.5, 0.6) is 0 Å². The number of piperidine rings is 1. The third-order valence-electron chi connectivity index (χ3n) is 5.59. The van der Waals surface area contributed by atoms with Gasteiger partial charge < -0.3 is 10.6 Å². The number of carbonyl (C=O) groups is 2. The molecule has 0 radical (unpaired) electrons.